The number of hydrogen-bond acceptors (Lipinski definition) is 4. The molecule has 2 atom stereocenters. The fraction of sp³-hybridized carbons (Fsp3) is 0.500. The Bertz CT molecular complexity index is 596. The number of aromatic nitrogens is 2. The molecule has 1 saturated carbocycles. The van der Waals surface area contributed by atoms with E-state index in [4.69, 9.17) is 0 Å². The third kappa shape index (κ3) is 2.69. The average Bonchev–Trinajstić information content (AvgIpc) is 2.85. The maximum Gasteiger partial charge on any atom is 0.225 e. The van der Waals surface area contributed by atoms with Crippen LogP contribution >= 0.6 is 0 Å². The van der Waals surface area contributed by atoms with Crippen molar-refractivity contribution in [1.82, 2.24) is 9.97 Å². The summed E-state index contributed by atoms with van der Waals surface area (Å²) in [6, 6.07) is 8.73. The predicted octanol–water partition coefficient (Wildman–Crippen LogP) is 3.66. The Kier molecular flexibility index (Phi) is 3.72. The summed E-state index contributed by atoms with van der Waals surface area (Å²) in [5, 5.41) is 7.94. The lowest BCUT2D eigenvalue weighted by Crippen LogP contribution is -2.17. The summed E-state index contributed by atoms with van der Waals surface area (Å²) in [5.74, 6) is 2.49. The highest BCUT2D eigenvalue weighted by atomic mass is 15.1. The van der Waals surface area contributed by atoms with Crippen LogP contribution in [0, 0.1) is 5.92 Å². The van der Waals surface area contributed by atoms with Crippen LogP contribution in [0.4, 0.5) is 11.8 Å². The highest BCUT2D eigenvalue weighted by Crippen LogP contribution is 2.29. The summed E-state index contributed by atoms with van der Waals surface area (Å²) in [6.45, 7) is 5.21. The molecule has 4 heteroatoms. The number of nitrogens with zero attached hydrogens (tertiary/aromatic N) is 2. The summed E-state index contributed by atoms with van der Waals surface area (Å²) < 4.78 is 0. The summed E-state index contributed by atoms with van der Waals surface area (Å²) in [6.07, 6.45) is 3.77. The average molecular weight is 270 g/mol. The Labute approximate surface area is 120 Å². The largest absolute Gasteiger partial charge is 0.367 e. The third-order valence-electron chi connectivity index (χ3n) is 3.97. The lowest BCUT2D eigenvalue weighted by molar-refractivity contribution is 0.602. The lowest BCUT2D eigenvalue weighted by Gasteiger charge is -2.16. The van der Waals surface area contributed by atoms with E-state index in [1.54, 1.807) is 0 Å². The first-order valence-corrected chi connectivity index (χ1v) is 7.53. The molecule has 0 saturated heterocycles. The fourth-order valence-electron chi connectivity index (χ4n) is 2.96. The van der Waals surface area contributed by atoms with Crippen LogP contribution in [0.2, 0.25) is 0 Å². The maximum absolute atomic E-state index is 4.65. The van der Waals surface area contributed by atoms with E-state index in [2.05, 4.69) is 40.5 Å². The van der Waals surface area contributed by atoms with E-state index in [1.807, 2.05) is 18.2 Å². The van der Waals surface area contributed by atoms with Crippen LogP contribution < -0.4 is 10.6 Å². The molecule has 2 unspecified atom stereocenters. The molecule has 2 N–H and O–H groups in total. The van der Waals surface area contributed by atoms with E-state index in [9.17, 15) is 0 Å². The minimum atomic E-state index is 0.540. The van der Waals surface area contributed by atoms with E-state index >= 15 is 0 Å². The van der Waals surface area contributed by atoms with Crippen molar-refractivity contribution in [2.24, 2.45) is 5.92 Å². The Morgan fingerprint density at radius 1 is 1.20 bits per heavy atom. The van der Waals surface area contributed by atoms with Gasteiger partial charge in [-0.15, -0.1) is 0 Å². The molecule has 0 aliphatic heterocycles. The molecule has 0 spiro atoms. The Hall–Kier alpha value is -1.84. The number of benzene rings is 1. The molecule has 106 valence electrons. The van der Waals surface area contributed by atoms with Crippen molar-refractivity contribution in [1.29, 1.82) is 0 Å². The molecule has 4 nitrogen and oxygen atoms in total. The SMILES string of the molecule is CCNc1nc(NC2CCC(C)C2)c2ccccc2n1. The third-order valence-corrected chi connectivity index (χ3v) is 3.97. The quantitative estimate of drug-likeness (QED) is 0.890. The molecule has 1 aromatic carbocycles. The Morgan fingerprint density at radius 2 is 2.05 bits per heavy atom. The number of fused-ring (bicyclic) bond motifs is 1. The number of hydrogen-bond donors (Lipinski definition) is 2. The van der Waals surface area contributed by atoms with Crippen LogP contribution in [-0.2, 0) is 0 Å². The van der Waals surface area contributed by atoms with Gasteiger partial charge in [0.05, 0.1) is 5.52 Å². The number of rotatable bonds is 4. The second kappa shape index (κ2) is 5.65. The summed E-state index contributed by atoms with van der Waals surface area (Å²) in [5.41, 5.74) is 0.993. The molecule has 0 radical (unpaired) electrons. The molecule has 1 fully saturated rings. The van der Waals surface area contributed by atoms with Crippen LogP contribution in [0.5, 0.6) is 0 Å². The first-order valence-electron chi connectivity index (χ1n) is 7.53. The lowest BCUT2D eigenvalue weighted by atomic mass is 10.1. The van der Waals surface area contributed by atoms with Gasteiger partial charge >= 0.3 is 0 Å². The Balaban J connectivity index is 1.94. The second-order valence-electron chi connectivity index (χ2n) is 5.70. The van der Waals surface area contributed by atoms with Gasteiger partial charge in [0.25, 0.3) is 0 Å². The van der Waals surface area contributed by atoms with Gasteiger partial charge in [-0.3, -0.25) is 0 Å². The topological polar surface area (TPSA) is 49.8 Å². The van der Waals surface area contributed by atoms with Gasteiger partial charge in [0.15, 0.2) is 0 Å². The molecule has 1 aliphatic carbocycles. The molecular formula is C16H22N4. The van der Waals surface area contributed by atoms with E-state index in [1.165, 1.54) is 19.3 Å². The highest BCUT2D eigenvalue weighted by Gasteiger charge is 2.22. The Morgan fingerprint density at radius 3 is 2.80 bits per heavy atom. The van der Waals surface area contributed by atoms with Crippen molar-refractivity contribution in [3.05, 3.63) is 24.3 Å². The van der Waals surface area contributed by atoms with Gasteiger partial charge in [-0.25, -0.2) is 4.98 Å². The van der Waals surface area contributed by atoms with Gasteiger partial charge in [0.2, 0.25) is 5.95 Å². The van der Waals surface area contributed by atoms with Gasteiger partial charge in [0, 0.05) is 18.0 Å². The van der Waals surface area contributed by atoms with Crippen LogP contribution in [0.3, 0.4) is 0 Å². The van der Waals surface area contributed by atoms with Gasteiger partial charge in [-0.2, -0.15) is 4.98 Å². The molecule has 2 aromatic rings. The predicted molar refractivity (Wildman–Crippen MR) is 84.1 cm³/mol. The van der Waals surface area contributed by atoms with Gasteiger partial charge in [-0.05, 0) is 44.2 Å². The number of para-hydroxylation sites is 1. The number of nitrogens with one attached hydrogen (secondary N) is 2. The summed E-state index contributed by atoms with van der Waals surface area (Å²) in [7, 11) is 0. The molecule has 0 amide bonds. The summed E-state index contributed by atoms with van der Waals surface area (Å²) >= 11 is 0. The zero-order valence-electron chi connectivity index (χ0n) is 12.2. The van der Waals surface area contributed by atoms with E-state index in [-0.39, 0.29) is 0 Å². The van der Waals surface area contributed by atoms with Gasteiger partial charge < -0.3 is 10.6 Å². The van der Waals surface area contributed by atoms with Crippen molar-refractivity contribution in [2.45, 2.75) is 39.2 Å². The first-order chi connectivity index (χ1) is 9.76. The first kappa shape index (κ1) is 13.2. The summed E-state index contributed by atoms with van der Waals surface area (Å²) in [4.78, 5) is 9.20. The smallest absolute Gasteiger partial charge is 0.225 e. The van der Waals surface area contributed by atoms with Crippen molar-refractivity contribution in [2.75, 3.05) is 17.2 Å². The van der Waals surface area contributed by atoms with E-state index in [0.29, 0.717) is 12.0 Å². The monoisotopic (exact) mass is 270 g/mol. The van der Waals surface area contributed by atoms with Crippen LogP contribution in [0.1, 0.15) is 33.1 Å². The van der Waals surface area contributed by atoms with Crippen LogP contribution in [-0.4, -0.2) is 22.6 Å². The highest BCUT2D eigenvalue weighted by molar-refractivity contribution is 5.90. The minimum absolute atomic E-state index is 0.540. The van der Waals surface area contributed by atoms with Gasteiger partial charge in [-0.1, -0.05) is 19.1 Å². The molecular weight excluding hydrogens is 248 g/mol. The molecule has 0 bridgehead atoms. The fourth-order valence-corrected chi connectivity index (χ4v) is 2.96. The zero-order valence-corrected chi connectivity index (χ0v) is 12.2. The van der Waals surface area contributed by atoms with E-state index < -0.39 is 0 Å². The molecule has 1 aromatic heterocycles. The zero-order chi connectivity index (χ0) is 13.9. The van der Waals surface area contributed by atoms with Crippen LogP contribution in [0.15, 0.2) is 24.3 Å². The van der Waals surface area contributed by atoms with Crippen molar-refractivity contribution < 1.29 is 0 Å². The van der Waals surface area contributed by atoms with Crippen molar-refractivity contribution in [3.63, 3.8) is 0 Å². The second-order valence-corrected chi connectivity index (χ2v) is 5.70. The molecule has 1 aliphatic rings. The van der Waals surface area contributed by atoms with Crippen molar-refractivity contribution in [3.8, 4) is 0 Å². The molecule has 1 heterocycles. The number of anilines is 2. The maximum atomic E-state index is 4.65. The van der Waals surface area contributed by atoms with Gasteiger partial charge in [0.1, 0.15) is 5.82 Å². The van der Waals surface area contributed by atoms with Crippen LogP contribution in [0.25, 0.3) is 10.9 Å². The standard InChI is InChI=1S/C16H22N4/c1-3-17-16-19-14-7-5-4-6-13(14)15(20-16)18-12-9-8-11(2)10-12/h4-7,11-12H,3,8-10H2,1-2H3,(H2,17,18,19,20). The normalized spacial score (nSPS) is 22.1. The van der Waals surface area contributed by atoms with Crippen molar-refractivity contribution >= 4 is 22.7 Å². The molecule has 20 heavy (non-hydrogen) atoms. The molecule has 3 rings (SSSR count). The minimum Gasteiger partial charge on any atom is -0.367 e. The van der Waals surface area contributed by atoms with E-state index in [0.717, 1.165) is 29.2 Å².